The van der Waals surface area contributed by atoms with Crippen molar-refractivity contribution in [2.75, 3.05) is 18.8 Å². The van der Waals surface area contributed by atoms with Gasteiger partial charge in [0.15, 0.2) is 11.5 Å². The number of aryl methyl sites for hydroxylation is 1. The first-order valence-corrected chi connectivity index (χ1v) is 11.7. The Balaban J connectivity index is 1.81. The van der Waals surface area contributed by atoms with Gasteiger partial charge in [-0.1, -0.05) is 0 Å². The van der Waals surface area contributed by atoms with Crippen molar-refractivity contribution >= 4 is 37.8 Å². The summed E-state index contributed by atoms with van der Waals surface area (Å²) < 4.78 is 69.1. The van der Waals surface area contributed by atoms with E-state index in [1.807, 2.05) is 0 Å². The predicted molar refractivity (Wildman–Crippen MR) is 117 cm³/mol. The van der Waals surface area contributed by atoms with Crippen molar-refractivity contribution in [2.24, 2.45) is 0 Å². The number of aromatic amines is 2. The van der Waals surface area contributed by atoms with Gasteiger partial charge < -0.3 is 0 Å². The maximum Gasteiger partial charge on any atom is 0.435 e. The van der Waals surface area contributed by atoms with E-state index in [-0.39, 0.29) is 17.1 Å². The number of anilines is 1. The van der Waals surface area contributed by atoms with Crippen LogP contribution in [0.4, 0.5) is 19.0 Å². The molecule has 1 aliphatic carbocycles. The topological polar surface area (TPSA) is 120 Å². The Morgan fingerprint density at radius 2 is 1.79 bits per heavy atom. The maximum absolute atomic E-state index is 13.6. The summed E-state index contributed by atoms with van der Waals surface area (Å²) in [5.41, 5.74) is 1.77. The fourth-order valence-electron chi connectivity index (χ4n) is 4.33. The van der Waals surface area contributed by atoms with Crippen LogP contribution in [0.1, 0.15) is 29.7 Å². The van der Waals surface area contributed by atoms with E-state index in [0.717, 1.165) is 28.3 Å². The number of hydrogen-bond donors (Lipinski definition) is 3. The van der Waals surface area contributed by atoms with Gasteiger partial charge in [0.2, 0.25) is 0 Å². The van der Waals surface area contributed by atoms with Gasteiger partial charge in [-0.3, -0.25) is 14.9 Å². The Bertz CT molecular complexity index is 1490. The minimum atomic E-state index is -4.63. The summed E-state index contributed by atoms with van der Waals surface area (Å²) in [5.74, 6) is 0.117. The van der Waals surface area contributed by atoms with Gasteiger partial charge in [-0.25, -0.2) is 4.98 Å². The molecule has 13 heteroatoms. The summed E-state index contributed by atoms with van der Waals surface area (Å²) in [7, 11) is -1.03. The SMILES string of the molecule is CN(C)S(=O)(=O)Nc1n[nH]c2ccc3nc(-c4c[nH]nc4C(F)(F)F)c4c(c3c12)CCCC4. The van der Waals surface area contributed by atoms with Crippen LogP contribution in [0.2, 0.25) is 0 Å². The summed E-state index contributed by atoms with van der Waals surface area (Å²) in [6.45, 7) is 0. The molecule has 1 aliphatic rings. The normalized spacial score (nSPS) is 14.8. The average molecular weight is 479 g/mol. The molecule has 1 aromatic carbocycles. The lowest BCUT2D eigenvalue weighted by Crippen LogP contribution is -2.29. The van der Waals surface area contributed by atoms with E-state index in [4.69, 9.17) is 0 Å². The molecule has 0 saturated carbocycles. The number of hydrogen-bond acceptors (Lipinski definition) is 5. The van der Waals surface area contributed by atoms with Crippen LogP contribution >= 0.6 is 0 Å². The number of rotatable bonds is 4. The first-order valence-electron chi connectivity index (χ1n) is 10.2. The second kappa shape index (κ2) is 7.42. The third-order valence-electron chi connectivity index (χ3n) is 5.87. The minimum Gasteiger partial charge on any atom is -0.284 e. The predicted octanol–water partition coefficient (Wildman–Crippen LogP) is 3.62. The van der Waals surface area contributed by atoms with Gasteiger partial charge >= 0.3 is 16.4 Å². The number of benzene rings is 1. The number of alkyl halides is 3. The third-order valence-corrected chi connectivity index (χ3v) is 7.28. The summed E-state index contributed by atoms with van der Waals surface area (Å²) in [6, 6.07) is 3.38. The van der Waals surface area contributed by atoms with Crippen LogP contribution in [0.25, 0.3) is 33.1 Å². The quantitative estimate of drug-likeness (QED) is 0.413. The fourth-order valence-corrected chi connectivity index (χ4v) is 4.90. The van der Waals surface area contributed by atoms with Crippen LogP contribution in [-0.2, 0) is 29.2 Å². The van der Waals surface area contributed by atoms with Crippen LogP contribution in [0.15, 0.2) is 18.3 Å². The monoisotopic (exact) mass is 479 g/mol. The second-order valence-corrected chi connectivity index (χ2v) is 10.00. The number of nitrogens with one attached hydrogen (secondary N) is 3. The highest BCUT2D eigenvalue weighted by Crippen LogP contribution is 2.42. The first-order chi connectivity index (χ1) is 15.6. The highest BCUT2D eigenvalue weighted by atomic mass is 32.2. The molecule has 0 unspecified atom stereocenters. The van der Waals surface area contributed by atoms with Crippen LogP contribution in [0.3, 0.4) is 0 Å². The molecule has 3 heterocycles. The Morgan fingerprint density at radius 3 is 2.48 bits per heavy atom. The first kappa shape index (κ1) is 21.6. The van der Waals surface area contributed by atoms with Crippen molar-refractivity contribution in [2.45, 2.75) is 31.9 Å². The maximum atomic E-state index is 13.6. The van der Waals surface area contributed by atoms with Gasteiger partial charge in [0.25, 0.3) is 0 Å². The Hall–Kier alpha value is -3.19. The van der Waals surface area contributed by atoms with E-state index in [1.165, 1.54) is 20.3 Å². The molecule has 0 radical (unpaired) electrons. The molecule has 0 aliphatic heterocycles. The lowest BCUT2D eigenvalue weighted by Gasteiger charge is -2.22. The van der Waals surface area contributed by atoms with Crippen LogP contribution in [0.5, 0.6) is 0 Å². The van der Waals surface area contributed by atoms with Crippen molar-refractivity contribution in [3.63, 3.8) is 0 Å². The molecule has 9 nitrogen and oxygen atoms in total. The van der Waals surface area contributed by atoms with Crippen molar-refractivity contribution in [1.29, 1.82) is 0 Å². The number of H-pyrrole nitrogens is 2. The van der Waals surface area contributed by atoms with Crippen molar-refractivity contribution in [3.05, 3.63) is 35.2 Å². The Labute approximate surface area is 186 Å². The summed E-state index contributed by atoms with van der Waals surface area (Å²) >= 11 is 0. The molecule has 5 rings (SSSR count). The van der Waals surface area contributed by atoms with Gasteiger partial charge in [-0.05, 0) is 48.9 Å². The number of fused-ring (bicyclic) bond motifs is 5. The lowest BCUT2D eigenvalue weighted by atomic mass is 9.85. The Morgan fingerprint density at radius 1 is 1.06 bits per heavy atom. The van der Waals surface area contributed by atoms with Gasteiger partial charge in [-0.2, -0.15) is 36.1 Å². The van der Waals surface area contributed by atoms with Crippen molar-refractivity contribution in [1.82, 2.24) is 29.7 Å². The standard InChI is InChI=1S/C20H20F3N7O2S/c1-30(2)33(31,32)29-19-16-14(26-28-19)8-7-13-15(16)10-5-3-4-6-11(10)17(25-13)12-9-24-27-18(12)20(21,22)23/h7-9H,3-6H2,1-2H3,(H,24,27)(H2,26,28,29). The second-order valence-electron chi connectivity index (χ2n) is 8.11. The molecule has 0 amide bonds. The minimum absolute atomic E-state index is 0.0941. The van der Waals surface area contributed by atoms with Crippen LogP contribution in [0, 0.1) is 0 Å². The molecule has 0 spiro atoms. The van der Waals surface area contributed by atoms with E-state index in [2.05, 4.69) is 30.1 Å². The molecule has 0 atom stereocenters. The van der Waals surface area contributed by atoms with E-state index in [9.17, 15) is 21.6 Å². The molecule has 0 fully saturated rings. The van der Waals surface area contributed by atoms with E-state index >= 15 is 0 Å². The molecule has 3 aromatic heterocycles. The Kier molecular flexibility index (Phi) is 4.86. The zero-order valence-electron chi connectivity index (χ0n) is 17.7. The number of aromatic nitrogens is 5. The number of halogens is 3. The van der Waals surface area contributed by atoms with Crippen LogP contribution < -0.4 is 4.72 Å². The fraction of sp³-hybridized carbons (Fsp3) is 0.350. The zero-order chi connectivity index (χ0) is 23.5. The number of pyridine rings is 1. The molecule has 0 saturated heterocycles. The summed E-state index contributed by atoms with van der Waals surface area (Å²) in [4.78, 5) is 4.62. The van der Waals surface area contributed by atoms with Gasteiger partial charge in [0, 0.05) is 25.7 Å². The largest absolute Gasteiger partial charge is 0.435 e. The molecule has 33 heavy (non-hydrogen) atoms. The number of nitrogens with zero attached hydrogens (tertiary/aromatic N) is 4. The summed E-state index contributed by atoms with van der Waals surface area (Å²) in [6.07, 6.45) is -0.545. The van der Waals surface area contributed by atoms with Gasteiger partial charge in [0.1, 0.15) is 0 Å². The van der Waals surface area contributed by atoms with E-state index in [0.29, 0.717) is 34.6 Å². The summed E-state index contributed by atoms with van der Waals surface area (Å²) in [5, 5.41) is 14.0. The van der Waals surface area contributed by atoms with Crippen molar-refractivity contribution < 1.29 is 21.6 Å². The smallest absolute Gasteiger partial charge is 0.284 e. The zero-order valence-corrected chi connectivity index (χ0v) is 18.5. The van der Waals surface area contributed by atoms with E-state index in [1.54, 1.807) is 12.1 Å². The average Bonchev–Trinajstić information content (AvgIpc) is 3.40. The molecule has 4 aromatic rings. The van der Waals surface area contributed by atoms with E-state index < -0.39 is 22.1 Å². The molecular formula is C20H20F3N7O2S. The van der Waals surface area contributed by atoms with Gasteiger partial charge in [0.05, 0.1) is 27.7 Å². The molecule has 0 bridgehead atoms. The highest BCUT2D eigenvalue weighted by Gasteiger charge is 2.38. The molecule has 3 N–H and O–H groups in total. The molecular weight excluding hydrogens is 459 g/mol. The van der Waals surface area contributed by atoms with Gasteiger partial charge in [-0.15, -0.1) is 0 Å². The van der Waals surface area contributed by atoms with Crippen LogP contribution in [-0.4, -0.2) is 52.2 Å². The lowest BCUT2D eigenvalue weighted by molar-refractivity contribution is -0.140. The molecule has 174 valence electrons. The third kappa shape index (κ3) is 3.51. The highest BCUT2D eigenvalue weighted by molar-refractivity contribution is 7.90. The van der Waals surface area contributed by atoms with Crippen molar-refractivity contribution in [3.8, 4) is 11.3 Å².